The fourth-order valence-corrected chi connectivity index (χ4v) is 2.10. The van der Waals surface area contributed by atoms with Crippen LogP contribution < -0.4 is 0 Å². The monoisotopic (exact) mass is 249 g/mol. The van der Waals surface area contributed by atoms with E-state index in [1.807, 2.05) is 49.7 Å². The Balaban J connectivity index is 1.83. The maximum atomic E-state index is 4.56. The van der Waals surface area contributed by atoms with Crippen LogP contribution in [0.15, 0.2) is 59.6 Å². The molecule has 0 saturated carbocycles. The van der Waals surface area contributed by atoms with Crippen molar-refractivity contribution in [2.24, 2.45) is 12.0 Å². The van der Waals surface area contributed by atoms with Crippen molar-refractivity contribution in [1.82, 2.24) is 9.55 Å². The van der Waals surface area contributed by atoms with Crippen LogP contribution in [0.5, 0.6) is 0 Å². The minimum atomic E-state index is 0.685. The first-order chi connectivity index (χ1) is 9.34. The van der Waals surface area contributed by atoms with Gasteiger partial charge in [0.05, 0.1) is 23.8 Å². The molecule has 0 N–H and O–H groups in total. The van der Waals surface area contributed by atoms with Crippen molar-refractivity contribution < 1.29 is 0 Å². The lowest BCUT2D eigenvalue weighted by Gasteiger charge is -1.97. The topological polar surface area (TPSA) is 30.2 Å². The minimum absolute atomic E-state index is 0.685. The van der Waals surface area contributed by atoms with Gasteiger partial charge in [-0.25, -0.2) is 4.98 Å². The second kappa shape index (κ2) is 5.06. The van der Waals surface area contributed by atoms with Crippen LogP contribution in [0.25, 0.3) is 11.0 Å². The molecule has 3 rings (SSSR count). The number of fused-ring (bicyclic) bond motifs is 1. The average molecular weight is 249 g/mol. The summed E-state index contributed by atoms with van der Waals surface area (Å²) in [6, 6.07) is 18.3. The van der Waals surface area contributed by atoms with Gasteiger partial charge in [-0.05, 0) is 17.7 Å². The molecule has 0 bridgehead atoms. The molecule has 0 atom stereocenters. The molecule has 0 aliphatic carbocycles. The van der Waals surface area contributed by atoms with E-state index in [0.717, 1.165) is 16.9 Å². The highest BCUT2D eigenvalue weighted by molar-refractivity contribution is 5.84. The summed E-state index contributed by atoms with van der Waals surface area (Å²) in [5.41, 5.74) is 3.34. The highest BCUT2D eigenvalue weighted by atomic mass is 15.1. The molecule has 0 fully saturated rings. The van der Waals surface area contributed by atoms with Gasteiger partial charge in [-0.1, -0.05) is 42.5 Å². The summed E-state index contributed by atoms with van der Waals surface area (Å²) in [4.78, 5) is 9.02. The number of aromatic nitrogens is 2. The number of rotatable bonds is 3. The second-order valence-electron chi connectivity index (χ2n) is 4.47. The van der Waals surface area contributed by atoms with Crippen LogP contribution in [0.1, 0.15) is 11.4 Å². The van der Waals surface area contributed by atoms with Gasteiger partial charge < -0.3 is 4.57 Å². The summed E-state index contributed by atoms with van der Waals surface area (Å²) in [7, 11) is 2.01. The fourth-order valence-electron chi connectivity index (χ4n) is 2.10. The van der Waals surface area contributed by atoms with E-state index in [1.165, 1.54) is 5.56 Å². The van der Waals surface area contributed by atoms with E-state index >= 15 is 0 Å². The smallest absolute Gasteiger partial charge is 0.151 e. The Labute approximate surface area is 112 Å². The summed E-state index contributed by atoms with van der Waals surface area (Å²) >= 11 is 0. The molecule has 3 aromatic rings. The predicted octanol–water partition coefficient (Wildman–Crippen LogP) is 3.19. The molecular formula is C16H15N3. The van der Waals surface area contributed by atoms with Gasteiger partial charge in [0.2, 0.25) is 0 Å². The Morgan fingerprint density at radius 2 is 1.79 bits per heavy atom. The molecule has 3 heteroatoms. The van der Waals surface area contributed by atoms with Crippen LogP contribution in [0.3, 0.4) is 0 Å². The van der Waals surface area contributed by atoms with Crippen molar-refractivity contribution in [2.45, 2.75) is 6.54 Å². The molecule has 0 aliphatic rings. The molecule has 1 aromatic heterocycles. The van der Waals surface area contributed by atoms with E-state index in [2.05, 4.69) is 32.7 Å². The van der Waals surface area contributed by atoms with Crippen molar-refractivity contribution in [3.05, 3.63) is 66.0 Å². The number of para-hydroxylation sites is 2. The molecule has 0 amide bonds. The highest BCUT2D eigenvalue weighted by Gasteiger charge is 2.03. The quantitative estimate of drug-likeness (QED) is 0.656. The van der Waals surface area contributed by atoms with Gasteiger partial charge >= 0.3 is 0 Å². The summed E-state index contributed by atoms with van der Waals surface area (Å²) in [5.74, 6) is 0.886. The van der Waals surface area contributed by atoms with E-state index in [0.29, 0.717) is 6.54 Å². The van der Waals surface area contributed by atoms with Gasteiger partial charge in [0.15, 0.2) is 5.82 Å². The van der Waals surface area contributed by atoms with E-state index in [9.17, 15) is 0 Å². The van der Waals surface area contributed by atoms with Crippen molar-refractivity contribution >= 4 is 17.2 Å². The lowest BCUT2D eigenvalue weighted by Crippen LogP contribution is -1.96. The second-order valence-corrected chi connectivity index (χ2v) is 4.47. The zero-order valence-corrected chi connectivity index (χ0v) is 10.8. The van der Waals surface area contributed by atoms with Gasteiger partial charge in [-0.2, -0.15) is 0 Å². The minimum Gasteiger partial charge on any atom is -0.326 e. The summed E-state index contributed by atoms with van der Waals surface area (Å²) < 4.78 is 2.06. The first-order valence-electron chi connectivity index (χ1n) is 6.30. The average Bonchev–Trinajstić information content (AvgIpc) is 2.78. The summed E-state index contributed by atoms with van der Waals surface area (Å²) in [6.07, 6.45) is 1.84. The molecule has 94 valence electrons. The number of aliphatic imine (C=N–C) groups is 1. The van der Waals surface area contributed by atoms with Gasteiger partial charge in [0.1, 0.15) is 0 Å². The zero-order valence-electron chi connectivity index (χ0n) is 10.8. The maximum Gasteiger partial charge on any atom is 0.151 e. The highest BCUT2D eigenvalue weighted by Crippen LogP contribution is 2.13. The number of hydrogen-bond acceptors (Lipinski definition) is 2. The number of hydrogen-bond donors (Lipinski definition) is 0. The largest absolute Gasteiger partial charge is 0.326 e. The fraction of sp³-hybridized carbons (Fsp3) is 0.125. The Bertz CT molecular complexity index is 711. The third kappa shape index (κ3) is 2.40. The maximum absolute atomic E-state index is 4.56. The number of benzene rings is 2. The van der Waals surface area contributed by atoms with E-state index in [1.54, 1.807) is 0 Å². The molecule has 2 aromatic carbocycles. The van der Waals surface area contributed by atoms with Crippen molar-refractivity contribution in [1.29, 1.82) is 0 Å². The van der Waals surface area contributed by atoms with Crippen molar-refractivity contribution in [3.8, 4) is 0 Å². The van der Waals surface area contributed by atoms with Crippen molar-refractivity contribution in [2.75, 3.05) is 0 Å². The standard InChI is InChI=1S/C16H15N3/c1-19-15-10-6-5-9-14(15)18-16(19)12-17-11-13-7-3-2-4-8-13/h2-10,12H,11H2,1H3/b17-12+. The van der Waals surface area contributed by atoms with Gasteiger partial charge in [0, 0.05) is 7.05 Å². The molecular weight excluding hydrogens is 234 g/mol. The van der Waals surface area contributed by atoms with Crippen molar-refractivity contribution in [3.63, 3.8) is 0 Å². The zero-order chi connectivity index (χ0) is 13.1. The number of nitrogens with zero attached hydrogens (tertiary/aromatic N) is 3. The predicted molar refractivity (Wildman–Crippen MR) is 78.5 cm³/mol. The van der Waals surface area contributed by atoms with E-state index in [4.69, 9.17) is 0 Å². The van der Waals surface area contributed by atoms with Crippen LogP contribution >= 0.6 is 0 Å². The Morgan fingerprint density at radius 3 is 2.58 bits per heavy atom. The SMILES string of the molecule is Cn1c(/C=N/Cc2ccccc2)nc2ccccc21. The molecule has 1 heterocycles. The Kier molecular flexibility index (Phi) is 3.11. The van der Waals surface area contributed by atoms with Crippen LogP contribution in [0.2, 0.25) is 0 Å². The number of aryl methyl sites for hydroxylation is 1. The lowest BCUT2D eigenvalue weighted by atomic mass is 10.2. The molecule has 19 heavy (non-hydrogen) atoms. The number of imidazole rings is 1. The third-order valence-corrected chi connectivity index (χ3v) is 3.15. The van der Waals surface area contributed by atoms with Crippen LogP contribution in [0, 0.1) is 0 Å². The first kappa shape index (κ1) is 11.7. The first-order valence-corrected chi connectivity index (χ1v) is 6.30. The third-order valence-electron chi connectivity index (χ3n) is 3.15. The van der Waals surface area contributed by atoms with Crippen LogP contribution in [-0.2, 0) is 13.6 Å². The molecule has 0 unspecified atom stereocenters. The Hall–Kier alpha value is -2.42. The van der Waals surface area contributed by atoms with Crippen LogP contribution in [-0.4, -0.2) is 15.8 Å². The van der Waals surface area contributed by atoms with E-state index in [-0.39, 0.29) is 0 Å². The van der Waals surface area contributed by atoms with Gasteiger partial charge in [-0.15, -0.1) is 0 Å². The Morgan fingerprint density at radius 1 is 1.05 bits per heavy atom. The van der Waals surface area contributed by atoms with Crippen LogP contribution in [0.4, 0.5) is 0 Å². The molecule has 0 saturated heterocycles. The normalized spacial score (nSPS) is 11.4. The lowest BCUT2D eigenvalue weighted by molar-refractivity contribution is 0.930. The molecule has 0 aliphatic heterocycles. The summed E-state index contributed by atoms with van der Waals surface area (Å²) in [5, 5.41) is 0. The summed E-state index contributed by atoms with van der Waals surface area (Å²) in [6.45, 7) is 0.685. The van der Waals surface area contributed by atoms with Gasteiger partial charge in [0.25, 0.3) is 0 Å². The molecule has 0 radical (unpaired) electrons. The molecule has 0 spiro atoms. The van der Waals surface area contributed by atoms with Gasteiger partial charge in [-0.3, -0.25) is 4.99 Å². The van der Waals surface area contributed by atoms with E-state index < -0.39 is 0 Å². The molecule has 3 nitrogen and oxygen atoms in total.